The molecule has 1 aromatic heterocycles. The molecule has 0 aliphatic carbocycles. The number of rotatable bonds is 5. The zero-order valence-electron chi connectivity index (χ0n) is 13.0. The molecule has 3 rings (SSSR count). The van der Waals surface area contributed by atoms with Gasteiger partial charge in [-0.2, -0.15) is 4.98 Å². The Morgan fingerprint density at radius 3 is 2.78 bits per heavy atom. The molecule has 1 atom stereocenters. The van der Waals surface area contributed by atoms with E-state index in [4.69, 9.17) is 9.26 Å². The van der Waals surface area contributed by atoms with Gasteiger partial charge in [0.1, 0.15) is 5.82 Å². The van der Waals surface area contributed by atoms with E-state index in [9.17, 15) is 4.39 Å². The van der Waals surface area contributed by atoms with E-state index in [1.807, 2.05) is 0 Å². The third-order valence-corrected chi connectivity index (χ3v) is 4.25. The van der Waals surface area contributed by atoms with Crippen LogP contribution in [0.25, 0.3) is 11.5 Å². The van der Waals surface area contributed by atoms with E-state index in [1.165, 1.54) is 12.1 Å². The number of methoxy groups -OCH3 is 1. The predicted octanol–water partition coefficient (Wildman–Crippen LogP) is 2.96. The van der Waals surface area contributed by atoms with Gasteiger partial charge in [0.25, 0.3) is 5.89 Å². The number of hydrogen-bond donors (Lipinski definition) is 1. The van der Waals surface area contributed by atoms with Crippen LogP contribution in [-0.2, 0) is 10.2 Å². The van der Waals surface area contributed by atoms with E-state index in [0.717, 1.165) is 37.9 Å². The van der Waals surface area contributed by atoms with Crippen LogP contribution in [0.4, 0.5) is 4.39 Å². The number of hydrogen-bond acceptors (Lipinski definition) is 5. The summed E-state index contributed by atoms with van der Waals surface area (Å²) in [6.07, 6.45) is 2.93. The largest absolute Gasteiger partial charge is 0.385 e. The Morgan fingerprint density at radius 2 is 2.13 bits per heavy atom. The second-order valence-corrected chi connectivity index (χ2v) is 5.73. The average Bonchev–Trinajstić information content (AvgIpc) is 3.05. The van der Waals surface area contributed by atoms with Gasteiger partial charge in [-0.25, -0.2) is 4.39 Å². The third-order valence-electron chi connectivity index (χ3n) is 4.25. The normalized spacial score (nSPS) is 21.0. The highest BCUT2D eigenvalue weighted by Gasteiger charge is 2.38. The van der Waals surface area contributed by atoms with Gasteiger partial charge in [-0.05, 0) is 50.1 Å². The van der Waals surface area contributed by atoms with E-state index in [0.29, 0.717) is 18.3 Å². The zero-order valence-corrected chi connectivity index (χ0v) is 13.9. The molecule has 1 aliphatic heterocycles. The molecular weight excluding hydrogens is 321 g/mol. The molecule has 2 heterocycles. The topological polar surface area (TPSA) is 60.2 Å². The molecule has 126 valence electrons. The van der Waals surface area contributed by atoms with Crippen LogP contribution in [0.2, 0.25) is 0 Å². The zero-order chi connectivity index (χ0) is 15.4. The number of ether oxygens (including phenoxy) is 1. The van der Waals surface area contributed by atoms with E-state index >= 15 is 0 Å². The lowest BCUT2D eigenvalue weighted by molar-refractivity contribution is 0.148. The first-order valence-electron chi connectivity index (χ1n) is 7.53. The molecule has 7 heteroatoms. The molecule has 0 bridgehead atoms. The highest BCUT2D eigenvalue weighted by Crippen LogP contribution is 2.34. The second kappa shape index (κ2) is 7.86. The summed E-state index contributed by atoms with van der Waals surface area (Å²) in [6.45, 7) is 2.48. The maximum atomic E-state index is 13.0. The Kier molecular flexibility index (Phi) is 6.10. The van der Waals surface area contributed by atoms with E-state index in [1.54, 1.807) is 19.2 Å². The molecule has 1 saturated heterocycles. The van der Waals surface area contributed by atoms with Gasteiger partial charge in [0, 0.05) is 31.2 Å². The van der Waals surface area contributed by atoms with Crippen LogP contribution in [0.1, 0.15) is 25.1 Å². The van der Waals surface area contributed by atoms with Crippen molar-refractivity contribution in [3.8, 4) is 11.5 Å². The molecular formula is C16H21ClFN3O2. The van der Waals surface area contributed by atoms with Crippen LogP contribution in [0, 0.1) is 5.82 Å². The summed E-state index contributed by atoms with van der Waals surface area (Å²) in [4.78, 5) is 4.56. The summed E-state index contributed by atoms with van der Waals surface area (Å²) in [6, 6.07) is 6.07. The highest BCUT2D eigenvalue weighted by molar-refractivity contribution is 5.85. The van der Waals surface area contributed by atoms with E-state index in [-0.39, 0.29) is 23.6 Å². The van der Waals surface area contributed by atoms with Crippen molar-refractivity contribution < 1.29 is 13.7 Å². The summed E-state index contributed by atoms with van der Waals surface area (Å²) >= 11 is 0. The van der Waals surface area contributed by atoms with Gasteiger partial charge in [0.2, 0.25) is 0 Å². The van der Waals surface area contributed by atoms with Gasteiger partial charge < -0.3 is 14.6 Å². The van der Waals surface area contributed by atoms with Crippen LogP contribution in [-0.4, -0.2) is 36.9 Å². The van der Waals surface area contributed by atoms with Gasteiger partial charge in [-0.15, -0.1) is 12.4 Å². The predicted molar refractivity (Wildman–Crippen MR) is 87.2 cm³/mol. The summed E-state index contributed by atoms with van der Waals surface area (Å²) in [5.74, 6) is 0.852. The van der Waals surface area contributed by atoms with Crippen molar-refractivity contribution in [3.05, 3.63) is 35.9 Å². The quantitative estimate of drug-likeness (QED) is 0.906. The monoisotopic (exact) mass is 341 g/mol. The van der Waals surface area contributed by atoms with Crippen molar-refractivity contribution >= 4 is 12.4 Å². The Balaban J connectivity index is 0.00000192. The summed E-state index contributed by atoms with van der Waals surface area (Å²) in [7, 11) is 1.70. The Morgan fingerprint density at radius 1 is 1.35 bits per heavy atom. The molecule has 1 aliphatic rings. The van der Waals surface area contributed by atoms with Gasteiger partial charge in [0.15, 0.2) is 5.82 Å². The molecule has 1 aromatic carbocycles. The van der Waals surface area contributed by atoms with Crippen molar-refractivity contribution in [3.63, 3.8) is 0 Å². The van der Waals surface area contributed by atoms with Crippen LogP contribution < -0.4 is 5.32 Å². The van der Waals surface area contributed by atoms with E-state index < -0.39 is 0 Å². The maximum Gasteiger partial charge on any atom is 0.257 e. The lowest BCUT2D eigenvalue weighted by Crippen LogP contribution is -2.44. The minimum Gasteiger partial charge on any atom is -0.385 e. The standard InChI is InChI=1S/C16H20FN3O2.ClH/c1-21-10-8-16(7-2-9-18-11-16)15-19-14(22-20-15)12-3-5-13(17)6-4-12;/h3-6,18H,2,7-11H2,1H3;1H. The van der Waals surface area contributed by atoms with Crippen molar-refractivity contribution in [2.75, 3.05) is 26.8 Å². The SMILES string of the molecule is COCCC1(c2noc(-c3ccc(F)cc3)n2)CCCNC1.Cl. The molecule has 5 nitrogen and oxygen atoms in total. The molecule has 0 radical (unpaired) electrons. The number of benzene rings is 1. The first-order chi connectivity index (χ1) is 10.7. The first-order valence-corrected chi connectivity index (χ1v) is 7.53. The number of piperidine rings is 1. The molecule has 2 aromatic rings. The number of nitrogens with one attached hydrogen (secondary N) is 1. The smallest absolute Gasteiger partial charge is 0.257 e. The molecule has 0 spiro atoms. The number of aromatic nitrogens is 2. The van der Waals surface area contributed by atoms with Crippen LogP contribution in [0.3, 0.4) is 0 Å². The minimum atomic E-state index is -0.281. The second-order valence-electron chi connectivity index (χ2n) is 5.73. The minimum absolute atomic E-state index is 0. The maximum absolute atomic E-state index is 13.0. The molecule has 1 unspecified atom stereocenters. The fourth-order valence-electron chi connectivity index (χ4n) is 2.93. The van der Waals surface area contributed by atoms with Crippen molar-refractivity contribution in [1.29, 1.82) is 0 Å². The molecule has 1 N–H and O–H groups in total. The molecule has 23 heavy (non-hydrogen) atoms. The fourth-order valence-corrected chi connectivity index (χ4v) is 2.93. The van der Waals surface area contributed by atoms with Gasteiger partial charge in [0.05, 0.1) is 0 Å². The number of halogens is 2. The van der Waals surface area contributed by atoms with Gasteiger partial charge in [-0.3, -0.25) is 0 Å². The van der Waals surface area contributed by atoms with E-state index in [2.05, 4.69) is 15.5 Å². The van der Waals surface area contributed by atoms with Crippen LogP contribution in [0.15, 0.2) is 28.8 Å². The van der Waals surface area contributed by atoms with Gasteiger partial charge >= 0.3 is 0 Å². The highest BCUT2D eigenvalue weighted by atomic mass is 35.5. The number of nitrogens with zero attached hydrogens (tertiary/aromatic N) is 2. The van der Waals surface area contributed by atoms with Crippen LogP contribution in [0.5, 0.6) is 0 Å². The summed E-state index contributed by atoms with van der Waals surface area (Å²) in [5, 5.41) is 7.60. The van der Waals surface area contributed by atoms with Crippen molar-refractivity contribution in [1.82, 2.24) is 15.5 Å². The lowest BCUT2D eigenvalue weighted by Gasteiger charge is -2.34. The molecule has 0 saturated carbocycles. The first kappa shape index (κ1) is 17.8. The van der Waals surface area contributed by atoms with Crippen molar-refractivity contribution in [2.24, 2.45) is 0 Å². The summed E-state index contributed by atoms with van der Waals surface area (Å²) < 4.78 is 23.6. The van der Waals surface area contributed by atoms with Gasteiger partial charge in [-0.1, -0.05) is 5.16 Å². The molecule has 1 fully saturated rings. The Hall–Kier alpha value is -1.50. The molecule has 0 amide bonds. The third kappa shape index (κ3) is 3.88. The fraction of sp³-hybridized carbons (Fsp3) is 0.500. The summed E-state index contributed by atoms with van der Waals surface area (Å²) in [5.41, 5.74) is 0.571. The van der Waals surface area contributed by atoms with Crippen molar-refractivity contribution in [2.45, 2.75) is 24.7 Å². The average molecular weight is 342 g/mol. The lowest BCUT2D eigenvalue weighted by atomic mass is 9.77. The Labute approximate surface area is 141 Å². The Bertz CT molecular complexity index is 612. The van der Waals surface area contributed by atoms with Crippen LogP contribution >= 0.6 is 12.4 Å².